The zero-order chi connectivity index (χ0) is 19.2. The molecule has 28 heavy (non-hydrogen) atoms. The van der Waals surface area contributed by atoms with Crippen LogP contribution in [-0.2, 0) is 6.42 Å². The van der Waals surface area contributed by atoms with Crippen LogP contribution in [0.3, 0.4) is 0 Å². The number of ether oxygens (including phenoxy) is 1. The molecule has 1 aromatic rings. The summed E-state index contributed by atoms with van der Waals surface area (Å²) in [6.07, 6.45) is 7.05. The van der Waals surface area contributed by atoms with Crippen molar-refractivity contribution in [3.8, 4) is 11.5 Å². The molecular formula is C21H35IN4O2. The Morgan fingerprint density at radius 3 is 2.64 bits per heavy atom. The highest BCUT2D eigenvalue weighted by Crippen LogP contribution is 2.32. The molecule has 3 N–H and O–H groups in total. The molecule has 7 heteroatoms. The fourth-order valence-corrected chi connectivity index (χ4v) is 4.47. The van der Waals surface area contributed by atoms with E-state index in [1.807, 2.05) is 12.1 Å². The van der Waals surface area contributed by atoms with E-state index in [2.05, 4.69) is 29.5 Å². The maximum atomic E-state index is 10.2. The number of hydrogen-bond donors (Lipinski definition) is 3. The first-order chi connectivity index (χ1) is 13.1. The van der Waals surface area contributed by atoms with Crippen LogP contribution in [0.15, 0.2) is 23.2 Å². The molecule has 2 aliphatic heterocycles. The van der Waals surface area contributed by atoms with Gasteiger partial charge in [0.05, 0.1) is 7.11 Å². The van der Waals surface area contributed by atoms with Crippen molar-refractivity contribution in [2.24, 2.45) is 4.99 Å². The minimum absolute atomic E-state index is 0. The van der Waals surface area contributed by atoms with Gasteiger partial charge in [-0.1, -0.05) is 18.6 Å². The standard InChI is InChI=1S/C21H34N4O2.HI/c1-4-22-21(23-12-11-15-7-5-10-19(27-3)20(15)26)24-16-13-17-8-6-9-18(14-16)25(17)2;/h5,7,10,16-18,26H,4,6,8-9,11-14H2,1-3H3,(H2,22,23,24);1H. The van der Waals surface area contributed by atoms with Crippen molar-refractivity contribution in [2.45, 2.75) is 63.6 Å². The molecule has 1 aromatic carbocycles. The second kappa shape index (κ2) is 11.1. The zero-order valence-corrected chi connectivity index (χ0v) is 19.6. The summed E-state index contributed by atoms with van der Waals surface area (Å²) < 4.78 is 5.18. The van der Waals surface area contributed by atoms with E-state index in [1.165, 1.54) is 32.1 Å². The number of halogens is 1. The lowest BCUT2D eigenvalue weighted by Crippen LogP contribution is -2.56. The summed E-state index contributed by atoms with van der Waals surface area (Å²) in [4.78, 5) is 7.32. The van der Waals surface area contributed by atoms with Crippen LogP contribution in [0.4, 0.5) is 0 Å². The number of fused-ring (bicyclic) bond motifs is 2. The Morgan fingerprint density at radius 1 is 1.29 bits per heavy atom. The molecule has 0 aliphatic carbocycles. The average molecular weight is 502 g/mol. The minimum Gasteiger partial charge on any atom is -0.504 e. The average Bonchev–Trinajstić information content (AvgIpc) is 2.64. The van der Waals surface area contributed by atoms with Crippen LogP contribution in [0.1, 0.15) is 44.6 Å². The van der Waals surface area contributed by atoms with E-state index in [-0.39, 0.29) is 29.7 Å². The number of methoxy groups -OCH3 is 1. The Bertz CT molecular complexity index is 641. The van der Waals surface area contributed by atoms with Gasteiger partial charge in [0.2, 0.25) is 0 Å². The third-order valence-corrected chi connectivity index (χ3v) is 5.98. The summed E-state index contributed by atoms with van der Waals surface area (Å²) in [6.45, 7) is 3.56. The Morgan fingerprint density at radius 2 is 2.00 bits per heavy atom. The monoisotopic (exact) mass is 502 g/mol. The topological polar surface area (TPSA) is 69.1 Å². The third-order valence-electron chi connectivity index (χ3n) is 5.98. The van der Waals surface area contributed by atoms with Gasteiger partial charge in [0.15, 0.2) is 17.5 Å². The van der Waals surface area contributed by atoms with Crippen molar-refractivity contribution in [3.05, 3.63) is 23.8 Å². The molecule has 2 unspecified atom stereocenters. The van der Waals surface area contributed by atoms with Gasteiger partial charge in [0, 0.05) is 31.2 Å². The van der Waals surface area contributed by atoms with E-state index in [4.69, 9.17) is 9.73 Å². The molecular weight excluding hydrogens is 467 g/mol. The van der Waals surface area contributed by atoms with Crippen LogP contribution in [0.5, 0.6) is 11.5 Å². The van der Waals surface area contributed by atoms with Gasteiger partial charge in [-0.3, -0.25) is 4.99 Å². The lowest BCUT2D eigenvalue weighted by molar-refractivity contribution is 0.0526. The largest absolute Gasteiger partial charge is 0.504 e. The summed E-state index contributed by atoms with van der Waals surface area (Å²) in [5.41, 5.74) is 0.864. The smallest absolute Gasteiger partial charge is 0.191 e. The summed E-state index contributed by atoms with van der Waals surface area (Å²) in [5.74, 6) is 1.61. The van der Waals surface area contributed by atoms with Crippen molar-refractivity contribution in [3.63, 3.8) is 0 Å². The number of rotatable bonds is 6. The summed E-state index contributed by atoms with van der Waals surface area (Å²) in [6, 6.07) is 7.48. The molecule has 2 bridgehead atoms. The Labute approximate surface area is 186 Å². The quantitative estimate of drug-likeness (QED) is 0.317. The van der Waals surface area contributed by atoms with Gasteiger partial charge in [-0.05, 0) is 57.7 Å². The number of benzene rings is 1. The first-order valence-corrected chi connectivity index (χ1v) is 10.2. The summed E-state index contributed by atoms with van der Waals surface area (Å²) >= 11 is 0. The predicted octanol–water partition coefficient (Wildman–Crippen LogP) is 3.13. The SMILES string of the molecule is CCNC(=NCCc1cccc(OC)c1O)NC1CC2CCCC(C1)N2C.I. The maximum Gasteiger partial charge on any atom is 0.191 e. The zero-order valence-electron chi connectivity index (χ0n) is 17.3. The molecule has 2 atom stereocenters. The van der Waals surface area contributed by atoms with Crippen molar-refractivity contribution >= 4 is 29.9 Å². The summed E-state index contributed by atoms with van der Waals surface area (Å²) in [7, 11) is 3.85. The van der Waals surface area contributed by atoms with Gasteiger partial charge in [-0.15, -0.1) is 24.0 Å². The van der Waals surface area contributed by atoms with E-state index >= 15 is 0 Å². The number of nitrogens with zero attached hydrogens (tertiary/aromatic N) is 2. The molecule has 3 rings (SSSR count). The van der Waals surface area contributed by atoms with Crippen LogP contribution < -0.4 is 15.4 Å². The van der Waals surface area contributed by atoms with Crippen LogP contribution in [-0.4, -0.2) is 61.3 Å². The molecule has 0 aromatic heterocycles. The van der Waals surface area contributed by atoms with Crippen LogP contribution in [0.2, 0.25) is 0 Å². The number of hydrogen-bond acceptors (Lipinski definition) is 4. The highest BCUT2D eigenvalue weighted by Gasteiger charge is 2.36. The highest BCUT2D eigenvalue weighted by atomic mass is 127. The van der Waals surface area contributed by atoms with Crippen molar-refractivity contribution in [2.75, 3.05) is 27.2 Å². The third kappa shape index (κ3) is 5.65. The molecule has 2 aliphatic rings. The van der Waals surface area contributed by atoms with E-state index in [9.17, 15) is 5.11 Å². The van der Waals surface area contributed by atoms with Gasteiger partial charge in [0.25, 0.3) is 0 Å². The fourth-order valence-electron chi connectivity index (χ4n) is 4.47. The number of piperidine rings is 2. The van der Waals surface area contributed by atoms with Gasteiger partial charge >= 0.3 is 0 Å². The second-order valence-corrected chi connectivity index (χ2v) is 7.70. The molecule has 0 amide bonds. The Balaban J connectivity index is 0.00000280. The number of phenols is 1. The molecule has 0 saturated carbocycles. The first kappa shape index (κ1) is 23.1. The fraction of sp³-hybridized carbons (Fsp3) is 0.667. The Kier molecular flexibility index (Phi) is 9.14. The highest BCUT2D eigenvalue weighted by molar-refractivity contribution is 14.0. The summed E-state index contributed by atoms with van der Waals surface area (Å²) in [5, 5.41) is 17.2. The number of aliphatic imine (C=N–C) groups is 1. The number of aromatic hydroxyl groups is 1. The lowest BCUT2D eigenvalue weighted by Gasteiger charge is -2.47. The molecule has 0 radical (unpaired) electrons. The lowest BCUT2D eigenvalue weighted by atomic mass is 9.82. The number of guanidine groups is 1. The van der Waals surface area contributed by atoms with E-state index in [0.717, 1.165) is 18.1 Å². The Hall–Kier alpha value is -1.22. The van der Waals surface area contributed by atoms with Gasteiger partial charge in [-0.2, -0.15) is 0 Å². The van der Waals surface area contributed by atoms with Crippen LogP contribution in [0.25, 0.3) is 0 Å². The van der Waals surface area contributed by atoms with Crippen molar-refractivity contribution in [1.82, 2.24) is 15.5 Å². The van der Waals surface area contributed by atoms with Crippen LogP contribution in [0, 0.1) is 0 Å². The van der Waals surface area contributed by atoms with Crippen molar-refractivity contribution in [1.29, 1.82) is 0 Å². The van der Waals surface area contributed by atoms with E-state index < -0.39 is 0 Å². The molecule has 2 fully saturated rings. The first-order valence-electron chi connectivity index (χ1n) is 10.2. The van der Waals surface area contributed by atoms with Gasteiger partial charge in [0.1, 0.15) is 0 Å². The van der Waals surface area contributed by atoms with Crippen molar-refractivity contribution < 1.29 is 9.84 Å². The van der Waals surface area contributed by atoms with Crippen LogP contribution >= 0.6 is 24.0 Å². The van der Waals surface area contributed by atoms with E-state index in [1.54, 1.807) is 13.2 Å². The number of para-hydroxylation sites is 1. The minimum atomic E-state index is 0. The van der Waals surface area contributed by atoms with Gasteiger partial charge in [-0.25, -0.2) is 0 Å². The number of nitrogens with one attached hydrogen (secondary N) is 2. The molecule has 2 saturated heterocycles. The predicted molar refractivity (Wildman–Crippen MR) is 125 cm³/mol. The molecule has 6 nitrogen and oxygen atoms in total. The van der Waals surface area contributed by atoms with Gasteiger partial charge < -0.3 is 25.4 Å². The maximum absolute atomic E-state index is 10.2. The molecule has 158 valence electrons. The number of phenolic OH excluding ortho intramolecular Hbond substituents is 1. The second-order valence-electron chi connectivity index (χ2n) is 7.70. The molecule has 0 spiro atoms. The molecule has 2 heterocycles. The normalized spacial score (nSPS) is 25.0. The van der Waals surface area contributed by atoms with E-state index in [0.29, 0.717) is 36.8 Å².